The number of hydrogen-bond acceptors (Lipinski definition) is 12. The van der Waals surface area contributed by atoms with E-state index in [1.54, 1.807) is 105 Å². The number of ether oxygens (including phenoxy) is 2. The van der Waals surface area contributed by atoms with Gasteiger partial charge in [0.2, 0.25) is 9.84 Å². The number of sulfone groups is 1. The van der Waals surface area contributed by atoms with Crippen LogP contribution in [0.1, 0.15) is 44.4 Å². The van der Waals surface area contributed by atoms with Crippen LogP contribution in [-0.4, -0.2) is 41.7 Å². The molecule has 2 aliphatic heterocycles. The Kier molecular flexibility index (Phi) is 32.9. The van der Waals surface area contributed by atoms with Crippen LogP contribution in [0, 0.1) is 10.1 Å². The zero-order chi connectivity index (χ0) is 45.9. The molecule has 0 radical (unpaired) electrons. The first kappa shape index (κ1) is 64.2. The molecule has 0 saturated carbocycles. The molecule has 2 aliphatic rings. The molecule has 6 aromatic rings. The number of nitro groups is 1. The number of fused-ring (bicyclic) bond motifs is 4. The summed E-state index contributed by atoms with van der Waals surface area (Å²) in [4.78, 5) is 13.3. The summed E-state index contributed by atoms with van der Waals surface area (Å²) in [5, 5.41) is 41.3. The van der Waals surface area contributed by atoms with Gasteiger partial charge in [-0.1, -0.05) is 139 Å². The van der Waals surface area contributed by atoms with E-state index in [2.05, 4.69) is 88.5 Å². The van der Waals surface area contributed by atoms with Gasteiger partial charge in [0.1, 0.15) is 38.5 Å². The summed E-state index contributed by atoms with van der Waals surface area (Å²) >= 11 is 18.6. The molecule has 0 fully saturated rings. The maximum atomic E-state index is 12.3. The van der Waals surface area contributed by atoms with Crippen molar-refractivity contribution in [2.24, 2.45) is 0 Å². The Labute approximate surface area is 463 Å². The summed E-state index contributed by atoms with van der Waals surface area (Å²) in [5.74, 6) is 2.83. The van der Waals surface area contributed by atoms with E-state index in [9.17, 15) is 28.0 Å². The zero-order valence-corrected chi connectivity index (χ0v) is 44.6. The molecular formula is C44H49Br4FKNO10S3. The second-order valence-corrected chi connectivity index (χ2v) is 19.4. The first-order valence-corrected chi connectivity index (χ1v) is 22.5. The third kappa shape index (κ3) is 21.8. The molecular weight excluding hydrogens is 1180 g/mol. The molecule has 0 atom stereocenters. The van der Waals surface area contributed by atoms with Gasteiger partial charge in [0.15, 0.2) is 0 Å². The van der Waals surface area contributed by atoms with Crippen molar-refractivity contribution in [3.05, 3.63) is 155 Å². The maximum Gasteiger partial charge on any atom is 1.00 e. The van der Waals surface area contributed by atoms with E-state index >= 15 is 0 Å². The quantitative estimate of drug-likeness (QED) is 0.0404. The van der Waals surface area contributed by atoms with Gasteiger partial charge in [0.05, 0.1) is 27.7 Å². The molecule has 64 heavy (non-hydrogen) atoms. The minimum atomic E-state index is -3.46. The van der Waals surface area contributed by atoms with Crippen molar-refractivity contribution in [1.82, 2.24) is 0 Å². The zero-order valence-electron chi connectivity index (χ0n) is 33.6. The van der Waals surface area contributed by atoms with Crippen molar-refractivity contribution in [1.29, 1.82) is 0 Å². The molecule has 0 aromatic heterocycles. The summed E-state index contributed by atoms with van der Waals surface area (Å²) in [7, 11) is -4.46. The standard InChI is InChI=1S/C12H7BrO3S.C12H7BrOS.C6H3Br2NO2.C6H6OS.C4H9O.CH3F.3CH4.K.H2O2/c13-8-5-6-12-10(7-8)16-9-3-1-2-4-11(9)17(12,14)15;13-8-5-6-12-10(7-8)14-9-3-1-2-4-11(9)15-12;7-4-1-2-5(8)6(3-4)9(10)11;7-5-3-1-2-4-6(5)8;1-4(2,3)5;1-2;;;;;1-2/h1-7H;1-7H;1-3H;1-4,7-8H;1-3H3;1H3;3*1H4;;1-2H/q;;;;-1;;;;;+1;/i;;;;;1D;;;;;. The van der Waals surface area contributed by atoms with Crippen molar-refractivity contribution in [2.75, 3.05) is 7.15 Å². The molecule has 344 valence electrons. The Morgan fingerprint density at radius 1 is 0.703 bits per heavy atom. The smallest absolute Gasteiger partial charge is 0.850 e. The molecule has 0 spiro atoms. The molecule has 0 unspecified atom stereocenters. The number of thiol groups is 1. The molecule has 0 aliphatic carbocycles. The van der Waals surface area contributed by atoms with Crippen molar-refractivity contribution < 1.29 is 101 Å². The second-order valence-electron chi connectivity index (χ2n) is 12.3. The number of nitrogens with zero attached hydrogens (tertiary/aromatic N) is 1. The number of aromatic hydroxyl groups is 1. The predicted molar refractivity (Wildman–Crippen MR) is 267 cm³/mol. The van der Waals surface area contributed by atoms with E-state index in [4.69, 9.17) is 26.5 Å². The Morgan fingerprint density at radius 3 is 1.66 bits per heavy atom. The van der Waals surface area contributed by atoms with Crippen LogP contribution in [0.5, 0.6) is 28.7 Å². The van der Waals surface area contributed by atoms with Gasteiger partial charge in [-0.2, -0.15) is 0 Å². The number of para-hydroxylation sites is 3. The molecule has 6 aromatic carbocycles. The third-order valence-electron chi connectivity index (χ3n) is 6.74. The van der Waals surface area contributed by atoms with Crippen LogP contribution in [-0.2, 0) is 9.84 Å². The topological polar surface area (TPSA) is 179 Å². The number of phenols is 1. The van der Waals surface area contributed by atoms with Crippen molar-refractivity contribution >= 4 is 104 Å². The number of alkyl halides is 1. The third-order valence-corrected chi connectivity index (χ3v) is 12.2. The molecule has 11 nitrogen and oxygen atoms in total. The predicted octanol–water partition coefficient (Wildman–Crippen LogP) is 12.6. The minimum Gasteiger partial charge on any atom is -0.850 e. The Morgan fingerprint density at radius 2 is 1.12 bits per heavy atom. The van der Waals surface area contributed by atoms with E-state index in [1.165, 1.54) is 11.0 Å². The number of halogens is 5. The van der Waals surface area contributed by atoms with Crippen molar-refractivity contribution in [2.45, 2.75) is 73.1 Å². The van der Waals surface area contributed by atoms with E-state index in [-0.39, 0.29) is 94.9 Å². The monoisotopic (exact) mass is 1220 g/mol. The van der Waals surface area contributed by atoms with Crippen LogP contribution in [0.15, 0.2) is 170 Å². The maximum absolute atomic E-state index is 12.3. The van der Waals surface area contributed by atoms with Crippen LogP contribution in [0.3, 0.4) is 0 Å². The first-order valence-electron chi connectivity index (χ1n) is 17.3. The average Bonchev–Trinajstić information content (AvgIpc) is 3.20. The van der Waals surface area contributed by atoms with Gasteiger partial charge in [0.25, 0.3) is 5.69 Å². The van der Waals surface area contributed by atoms with Crippen LogP contribution in [0.4, 0.5) is 10.1 Å². The second kappa shape index (κ2) is 32.8. The fourth-order valence-electron chi connectivity index (χ4n) is 4.37. The summed E-state index contributed by atoms with van der Waals surface area (Å²) in [6, 6.07) is 37.4. The molecule has 20 heteroatoms. The largest absolute Gasteiger partial charge is 1.00 e. The van der Waals surface area contributed by atoms with E-state index in [0.29, 0.717) is 25.3 Å². The molecule has 8 rings (SSSR count). The van der Waals surface area contributed by atoms with E-state index in [0.717, 1.165) is 25.3 Å². The first-order chi connectivity index (χ1) is 28.7. The Bertz CT molecular complexity index is 2460. The van der Waals surface area contributed by atoms with Gasteiger partial charge in [-0.3, -0.25) is 25.0 Å². The molecule has 0 amide bonds. The average molecular weight is 1230 g/mol. The van der Waals surface area contributed by atoms with Crippen molar-refractivity contribution in [3.63, 3.8) is 0 Å². The normalized spacial score (nSPS) is 11.2. The number of rotatable bonds is 1. The summed E-state index contributed by atoms with van der Waals surface area (Å²) in [6.45, 7) is 4.90. The summed E-state index contributed by atoms with van der Waals surface area (Å²) in [5.41, 5.74) is -0.681. The van der Waals surface area contributed by atoms with Crippen LogP contribution in [0.25, 0.3) is 0 Å². The number of phenolic OH excluding ortho intramolecular Hbond substituents is 1. The number of hydrogen-bond donors (Lipinski definition) is 4. The SMILES string of the molecule is Brc1ccc2c(c1)Oc1ccccc1S2.C.C.C.CC(C)(C)[O-].O=S1(=O)c2ccccc2Oc2cc(Br)ccc21.O=[N+]([O-])c1cc(Br)ccc1Br.OO.Oc1ccccc1S.[2H]CF.[K+]. The van der Waals surface area contributed by atoms with Crippen molar-refractivity contribution in [3.8, 4) is 28.7 Å². The van der Waals surface area contributed by atoms with E-state index < -0.39 is 27.5 Å². The van der Waals surface area contributed by atoms with Gasteiger partial charge in [0, 0.05) is 24.4 Å². The van der Waals surface area contributed by atoms with Crippen LogP contribution < -0.4 is 66.0 Å². The number of benzene rings is 6. The molecule has 2 heterocycles. The fraction of sp³-hybridized carbons (Fsp3) is 0.182. The van der Waals surface area contributed by atoms with Crippen LogP contribution >= 0.6 is 88.1 Å². The van der Waals surface area contributed by atoms with Gasteiger partial charge in [-0.15, -0.1) is 18.2 Å². The molecule has 0 saturated heterocycles. The summed E-state index contributed by atoms with van der Waals surface area (Å²) in [6.07, 6.45) is 0. The molecule has 3 N–H and O–H groups in total. The Hall–Kier alpha value is -1.86. The van der Waals surface area contributed by atoms with Gasteiger partial charge >= 0.3 is 51.4 Å². The molecule has 0 bridgehead atoms. The van der Waals surface area contributed by atoms with Crippen LogP contribution in [0.2, 0.25) is 0 Å². The number of nitro benzene ring substituents is 1. The summed E-state index contributed by atoms with van der Waals surface area (Å²) < 4.78 is 54.5. The van der Waals surface area contributed by atoms with Gasteiger partial charge in [-0.05, 0) is 101 Å². The van der Waals surface area contributed by atoms with E-state index in [1.807, 2.05) is 36.4 Å². The van der Waals surface area contributed by atoms with Gasteiger partial charge < -0.3 is 19.7 Å². The minimum absolute atomic E-state index is 0. The van der Waals surface area contributed by atoms with Gasteiger partial charge in [-0.25, -0.2) is 8.42 Å². The fourth-order valence-corrected chi connectivity index (χ4v) is 8.36. The Balaban J connectivity index is -0.000000741.